The topological polar surface area (TPSA) is 79.3 Å². The van der Waals surface area contributed by atoms with Gasteiger partial charge in [0.1, 0.15) is 0 Å². The molecule has 0 radical (unpaired) electrons. The van der Waals surface area contributed by atoms with Crippen LogP contribution in [0.4, 0.5) is 5.69 Å². The van der Waals surface area contributed by atoms with E-state index in [1.54, 1.807) is 11.8 Å². The number of carboxylic acid groups (broad SMARTS) is 1. The van der Waals surface area contributed by atoms with Crippen molar-refractivity contribution in [1.29, 1.82) is 0 Å². The normalized spacial score (nSPS) is 16.3. The second-order valence-electron chi connectivity index (χ2n) is 4.66. The van der Waals surface area contributed by atoms with Gasteiger partial charge in [-0.25, -0.2) is 4.79 Å². The van der Waals surface area contributed by atoms with Crippen molar-refractivity contribution in [2.45, 2.75) is 10.8 Å². The summed E-state index contributed by atoms with van der Waals surface area (Å²) in [4.78, 5) is 28.2. The second kappa shape index (κ2) is 5.57. The van der Waals surface area contributed by atoms with Crippen molar-refractivity contribution in [3.8, 4) is 0 Å². The summed E-state index contributed by atoms with van der Waals surface area (Å²) < 4.78 is 0. The lowest BCUT2D eigenvalue weighted by Gasteiger charge is -2.11. The summed E-state index contributed by atoms with van der Waals surface area (Å²) >= 11 is 1.65. The van der Waals surface area contributed by atoms with Gasteiger partial charge in [0.05, 0.1) is 23.4 Å². The van der Waals surface area contributed by atoms with Crippen LogP contribution in [-0.2, 0) is 4.79 Å². The number of rotatable bonds is 3. The molecule has 1 aromatic heterocycles. The number of fused-ring (bicyclic) bond motifs is 1. The molecule has 2 N–H and O–H groups in total. The number of nitrogens with one attached hydrogen (secondary N) is 1. The lowest BCUT2D eigenvalue weighted by Crippen LogP contribution is -2.21. The standard InChI is InChI=1S/C15H12N2O3S/c18-14(12-8-21-13-4-2-1-3-11(12)13)17-10-5-9(15(19)20)6-16-7-10/h1-7,12H,8H2,(H,17,18)(H,19,20). The third-order valence-electron chi connectivity index (χ3n) is 3.27. The van der Waals surface area contributed by atoms with Crippen LogP contribution in [0.1, 0.15) is 21.8 Å². The number of hydrogen-bond acceptors (Lipinski definition) is 4. The van der Waals surface area contributed by atoms with Gasteiger partial charge in [0, 0.05) is 16.8 Å². The number of carbonyl (C=O) groups excluding carboxylic acids is 1. The first-order valence-corrected chi connectivity index (χ1v) is 7.34. The molecule has 5 nitrogen and oxygen atoms in total. The average Bonchev–Trinajstić information content (AvgIpc) is 2.91. The summed E-state index contributed by atoms with van der Waals surface area (Å²) in [5, 5.41) is 11.7. The molecular formula is C15H12N2O3S. The maximum absolute atomic E-state index is 12.4. The zero-order valence-electron chi connectivity index (χ0n) is 10.9. The van der Waals surface area contributed by atoms with E-state index in [-0.39, 0.29) is 17.4 Å². The number of hydrogen-bond donors (Lipinski definition) is 2. The zero-order chi connectivity index (χ0) is 14.8. The lowest BCUT2D eigenvalue weighted by molar-refractivity contribution is -0.117. The molecule has 1 amide bonds. The Labute approximate surface area is 125 Å². The zero-order valence-corrected chi connectivity index (χ0v) is 11.8. The van der Waals surface area contributed by atoms with Crippen LogP contribution in [0, 0.1) is 0 Å². The predicted octanol–water partition coefficient (Wildman–Crippen LogP) is 2.61. The minimum Gasteiger partial charge on any atom is -0.478 e. The van der Waals surface area contributed by atoms with Crippen LogP contribution in [0.3, 0.4) is 0 Å². The first-order chi connectivity index (χ1) is 10.1. The number of anilines is 1. The van der Waals surface area contributed by atoms with E-state index >= 15 is 0 Å². The second-order valence-corrected chi connectivity index (χ2v) is 5.72. The number of carboxylic acids is 1. The smallest absolute Gasteiger partial charge is 0.337 e. The SMILES string of the molecule is O=C(O)c1cncc(NC(=O)C2CSc3ccccc32)c1. The largest absolute Gasteiger partial charge is 0.478 e. The average molecular weight is 300 g/mol. The quantitative estimate of drug-likeness (QED) is 0.911. The van der Waals surface area contributed by atoms with E-state index in [0.29, 0.717) is 11.4 Å². The third kappa shape index (κ3) is 2.75. The molecule has 2 heterocycles. The highest BCUT2D eigenvalue weighted by atomic mass is 32.2. The molecule has 1 aromatic carbocycles. The number of benzene rings is 1. The Bertz CT molecular complexity index is 718. The highest BCUT2D eigenvalue weighted by Crippen LogP contribution is 2.39. The van der Waals surface area contributed by atoms with E-state index in [2.05, 4.69) is 10.3 Å². The fraction of sp³-hybridized carbons (Fsp3) is 0.133. The fourth-order valence-electron chi connectivity index (χ4n) is 2.23. The van der Waals surface area contributed by atoms with Gasteiger partial charge >= 0.3 is 5.97 Å². The third-order valence-corrected chi connectivity index (χ3v) is 4.45. The van der Waals surface area contributed by atoms with Gasteiger partial charge in [-0.05, 0) is 17.7 Å². The Hall–Kier alpha value is -2.34. The first-order valence-electron chi connectivity index (χ1n) is 6.36. The Morgan fingerprint density at radius 1 is 1.29 bits per heavy atom. The van der Waals surface area contributed by atoms with Crippen LogP contribution in [0.25, 0.3) is 0 Å². The summed E-state index contributed by atoms with van der Waals surface area (Å²) in [6, 6.07) is 9.22. The molecular weight excluding hydrogens is 288 g/mol. The number of aromatic carboxylic acids is 1. The summed E-state index contributed by atoms with van der Waals surface area (Å²) in [6.07, 6.45) is 2.69. The molecule has 1 aliphatic rings. The molecule has 3 rings (SSSR count). The molecule has 1 unspecified atom stereocenters. The van der Waals surface area contributed by atoms with Crippen LogP contribution >= 0.6 is 11.8 Å². The number of pyridine rings is 1. The van der Waals surface area contributed by atoms with Gasteiger partial charge < -0.3 is 10.4 Å². The molecule has 1 atom stereocenters. The first kappa shape index (κ1) is 13.6. The van der Waals surface area contributed by atoms with E-state index in [1.807, 2.05) is 24.3 Å². The van der Waals surface area contributed by atoms with Gasteiger partial charge in [-0.3, -0.25) is 9.78 Å². The Morgan fingerprint density at radius 2 is 2.10 bits per heavy atom. The van der Waals surface area contributed by atoms with Gasteiger partial charge in [-0.15, -0.1) is 11.8 Å². The van der Waals surface area contributed by atoms with E-state index < -0.39 is 5.97 Å². The lowest BCUT2D eigenvalue weighted by atomic mass is 10.0. The summed E-state index contributed by atoms with van der Waals surface area (Å²) in [6.45, 7) is 0. The Kier molecular flexibility index (Phi) is 3.62. The minimum absolute atomic E-state index is 0.0500. The van der Waals surface area contributed by atoms with Crippen molar-refractivity contribution in [1.82, 2.24) is 4.98 Å². The molecule has 21 heavy (non-hydrogen) atoms. The van der Waals surface area contributed by atoms with E-state index in [9.17, 15) is 9.59 Å². The van der Waals surface area contributed by atoms with Gasteiger partial charge in [0.25, 0.3) is 0 Å². The van der Waals surface area contributed by atoms with Crippen molar-refractivity contribution >= 4 is 29.3 Å². The predicted molar refractivity (Wildman–Crippen MR) is 79.7 cm³/mol. The van der Waals surface area contributed by atoms with E-state index in [1.165, 1.54) is 18.5 Å². The maximum atomic E-state index is 12.4. The molecule has 0 saturated carbocycles. The van der Waals surface area contributed by atoms with Crippen LogP contribution in [0.2, 0.25) is 0 Å². The molecule has 0 spiro atoms. The number of carbonyl (C=O) groups is 2. The van der Waals surface area contributed by atoms with Gasteiger partial charge in [0.15, 0.2) is 0 Å². The molecule has 0 aliphatic carbocycles. The molecule has 2 aromatic rings. The van der Waals surface area contributed by atoms with Crippen LogP contribution < -0.4 is 5.32 Å². The summed E-state index contributed by atoms with van der Waals surface area (Å²) in [7, 11) is 0. The molecule has 1 aliphatic heterocycles. The molecule has 0 saturated heterocycles. The number of thioether (sulfide) groups is 1. The van der Waals surface area contributed by atoms with Crippen molar-refractivity contribution in [3.63, 3.8) is 0 Å². The van der Waals surface area contributed by atoms with Crippen molar-refractivity contribution in [2.75, 3.05) is 11.1 Å². The van der Waals surface area contributed by atoms with Gasteiger partial charge in [-0.1, -0.05) is 18.2 Å². The fourth-order valence-corrected chi connectivity index (χ4v) is 3.46. The summed E-state index contributed by atoms with van der Waals surface area (Å²) in [5.41, 5.74) is 1.46. The Balaban J connectivity index is 1.79. The summed E-state index contributed by atoms with van der Waals surface area (Å²) in [5.74, 6) is -0.742. The van der Waals surface area contributed by atoms with Crippen molar-refractivity contribution in [2.24, 2.45) is 0 Å². The number of aromatic nitrogens is 1. The minimum atomic E-state index is -1.07. The number of amides is 1. The molecule has 0 fully saturated rings. The monoisotopic (exact) mass is 300 g/mol. The Morgan fingerprint density at radius 3 is 2.90 bits per heavy atom. The molecule has 106 valence electrons. The molecule has 6 heteroatoms. The maximum Gasteiger partial charge on any atom is 0.337 e. The molecule has 0 bridgehead atoms. The van der Waals surface area contributed by atoms with Crippen molar-refractivity contribution in [3.05, 3.63) is 53.9 Å². The van der Waals surface area contributed by atoms with Gasteiger partial charge in [-0.2, -0.15) is 0 Å². The van der Waals surface area contributed by atoms with E-state index in [0.717, 1.165) is 10.5 Å². The highest BCUT2D eigenvalue weighted by molar-refractivity contribution is 7.99. The van der Waals surface area contributed by atoms with Gasteiger partial charge in [0.2, 0.25) is 5.91 Å². The van der Waals surface area contributed by atoms with Crippen LogP contribution in [-0.4, -0.2) is 27.7 Å². The van der Waals surface area contributed by atoms with Crippen LogP contribution in [0.15, 0.2) is 47.6 Å². The number of nitrogens with zero attached hydrogens (tertiary/aromatic N) is 1. The van der Waals surface area contributed by atoms with Crippen molar-refractivity contribution < 1.29 is 14.7 Å². The highest BCUT2D eigenvalue weighted by Gasteiger charge is 2.29. The van der Waals surface area contributed by atoms with Crippen LogP contribution in [0.5, 0.6) is 0 Å². The van der Waals surface area contributed by atoms with E-state index in [4.69, 9.17) is 5.11 Å².